The first kappa shape index (κ1) is 26.2. The van der Waals surface area contributed by atoms with Crippen molar-refractivity contribution in [2.45, 2.75) is 77.2 Å². The Labute approximate surface area is 198 Å². The topological polar surface area (TPSA) is 35.5 Å². The van der Waals surface area contributed by atoms with Crippen LogP contribution in [0, 0.1) is 18.7 Å². The molecule has 3 rings (SSSR count). The number of esters is 1. The van der Waals surface area contributed by atoms with Gasteiger partial charge in [-0.2, -0.15) is 13.2 Å². The fourth-order valence-corrected chi connectivity index (χ4v) is 4.62. The Kier molecular flexibility index (Phi) is 8.74. The standard InChI is InChI=1S/C27H32F4O3/c1-4-5-10-25(32)33-16-20-13-14-22(18(3)21-8-6-7-9-24(21)28)26(34-20)23-15-19(27(29,30)31)12-11-17(23)2/h6-9,11-12,15,18,20,22,26H,4-5,10,13-14,16H2,1-3H3/t18-,20+,22-,26-/m1/s1. The molecule has 1 fully saturated rings. The third-order valence-corrected chi connectivity index (χ3v) is 6.67. The quantitative estimate of drug-likeness (QED) is 0.289. The lowest BCUT2D eigenvalue weighted by molar-refractivity contribution is -0.157. The Balaban J connectivity index is 1.90. The largest absolute Gasteiger partial charge is 0.463 e. The van der Waals surface area contributed by atoms with E-state index >= 15 is 0 Å². The van der Waals surface area contributed by atoms with Gasteiger partial charge in [0.25, 0.3) is 0 Å². The molecule has 3 nitrogen and oxygen atoms in total. The van der Waals surface area contributed by atoms with Crippen LogP contribution in [0.3, 0.4) is 0 Å². The van der Waals surface area contributed by atoms with Gasteiger partial charge in [0.1, 0.15) is 12.4 Å². The summed E-state index contributed by atoms with van der Waals surface area (Å²) >= 11 is 0. The number of aryl methyl sites for hydroxylation is 1. The zero-order chi connectivity index (χ0) is 24.9. The van der Waals surface area contributed by atoms with Gasteiger partial charge in [0, 0.05) is 6.42 Å². The third-order valence-electron chi connectivity index (χ3n) is 6.67. The molecule has 0 radical (unpaired) electrons. The van der Waals surface area contributed by atoms with E-state index in [4.69, 9.17) is 9.47 Å². The van der Waals surface area contributed by atoms with Crippen LogP contribution < -0.4 is 0 Å². The Morgan fingerprint density at radius 3 is 2.59 bits per heavy atom. The molecule has 0 bridgehead atoms. The van der Waals surface area contributed by atoms with E-state index in [9.17, 15) is 22.4 Å². The van der Waals surface area contributed by atoms with Gasteiger partial charge in [-0.15, -0.1) is 0 Å². The first-order valence-corrected chi connectivity index (χ1v) is 11.8. The van der Waals surface area contributed by atoms with Crippen molar-refractivity contribution < 1.29 is 31.8 Å². The van der Waals surface area contributed by atoms with Gasteiger partial charge in [0.2, 0.25) is 0 Å². The number of rotatable bonds is 8. The maximum absolute atomic E-state index is 14.6. The molecule has 1 heterocycles. The fraction of sp³-hybridized carbons (Fsp3) is 0.519. The minimum atomic E-state index is -4.49. The van der Waals surface area contributed by atoms with Crippen molar-refractivity contribution in [3.8, 4) is 0 Å². The average Bonchev–Trinajstić information content (AvgIpc) is 2.80. The monoisotopic (exact) mass is 480 g/mol. The summed E-state index contributed by atoms with van der Waals surface area (Å²) in [5.41, 5.74) is 0.867. The number of halogens is 4. The summed E-state index contributed by atoms with van der Waals surface area (Å²) in [5, 5.41) is 0. The highest BCUT2D eigenvalue weighted by molar-refractivity contribution is 5.69. The van der Waals surface area contributed by atoms with Crippen LogP contribution in [0.25, 0.3) is 0 Å². The number of benzene rings is 2. The fourth-order valence-electron chi connectivity index (χ4n) is 4.62. The molecule has 1 aliphatic heterocycles. The van der Waals surface area contributed by atoms with Gasteiger partial charge in [-0.05, 0) is 72.9 Å². The van der Waals surface area contributed by atoms with Crippen molar-refractivity contribution in [1.29, 1.82) is 0 Å². The molecule has 34 heavy (non-hydrogen) atoms. The van der Waals surface area contributed by atoms with Crippen LogP contribution >= 0.6 is 0 Å². The predicted octanol–water partition coefficient (Wildman–Crippen LogP) is 7.53. The van der Waals surface area contributed by atoms with Crippen LogP contribution in [0.5, 0.6) is 0 Å². The van der Waals surface area contributed by atoms with Crippen molar-refractivity contribution in [1.82, 2.24) is 0 Å². The van der Waals surface area contributed by atoms with E-state index in [1.807, 2.05) is 13.8 Å². The lowest BCUT2D eigenvalue weighted by Gasteiger charge is -2.40. The molecule has 2 aromatic carbocycles. The summed E-state index contributed by atoms with van der Waals surface area (Å²) in [6, 6.07) is 10.1. The van der Waals surface area contributed by atoms with Crippen LogP contribution in [0.15, 0.2) is 42.5 Å². The minimum Gasteiger partial charge on any atom is -0.463 e. The predicted molar refractivity (Wildman–Crippen MR) is 122 cm³/mol. The maximum Gasteiger partial charge on any atom is 0.416 e. The van der Waals surface area contributed by atoms with Crippen molar-refractivity contribution >= 4 is 5.97 Å². The highest BCUT2D eigenvalue weighted by Gasteiger charge is 2.39. The number of ether oxygens (including phenoxy) is 2. The Morgan fingerprint density at radius 2 is 1.91 bits per heavy atom. The Bertz CT molecular complexity index is 973. The van der Waals surface area contributed by atoms with Gasteiger partial charge >= 0.3 is 12.1 Å². The number of alkyl halides is 3. The Morgan fingerprint density at radius 1 is 1.18 bits per heavy atom. The maximum atomic E-state index is 14.6. The van der Waals surface area contributed by atoms with E-state index in [0.29, 0.717) is 36.0 Å². The number of carbonyl (C=O) groups is 1. The molecule has 0 aromatic heterocycles. The van der Waals surface area contributed by atoms with Crippen molar-refractivity contribution in [3.63, 3.8) is 0 Å². The normalized spacial score (nSPS) is 21.8. The molecular formula is C27H32F4O3. The van der Waals surface area contributed by atoms with Crippen LogP contribution in [-0.2, 0) is 20.4 Å². The van der Waals surface area contributed by atoms with Gasteiger partial charge < -0.3 is 9.47 Å². The van der Waals surface area contributed by atoms with Gasteiger partial charge in [-0.25, -0.2) is 4.39 Å². The molecule has 0 aliphatic carbocycles. The highest BCUT2D eigenvalue weighted by Crippen LogP contribution is 2.46. The molecule has 0 saturated carbocycles. The third kappa shape index (κ3) is 6.38. The molecule has 0 unspecified atom stereocenters. The molecule has 1 saturated heterocycles. The summed E-state index contributed by atoms with van der Waals surface area (Å²) in [4.78, 5) is 12.0. The van der Waals surface area contributed by atoms with E-state index < -0.39 is 23.9 Å². The van der Waals surface area contributed by atoms with E-state index in [-0.39, 0.29) is 30.2 Å². The summed E-state index contributed by atoms with van der Waals surface area (Å²) in [6.07, 6.45) is -2.50. The second kappa shape index (κ2) is 11.3. The number of carbonyl (C=O) groups excluding carboxylic acids is 1. The summed E-state index contributed by atoms with van der Waals surface area (Å²) in [7, 11) is 0. The van der Waals surface area contributed by atoms with Crippen molar-refractivity contribution in [3.05, 3.63) is 70.5 Å². The minimum absolute atomic E-state index is 0.0534. The second-order valence-corrected chi connectivity index (χ2v) is 9.09. The average molecular weight is 481 g/mol. The smallest absolute Gasteiger partial charge is 0.416 e. The SMILES string of the molecule is CCCCC(=O)OC[C@@H]1CC[C@H]([C@H](C)c2ccccc2F)[C@H](c2cc(C(F)(F)F)ccc2C)O1. The lowest BCUT2D eigenvalue weighted by atomic mass is 9.75. The first-order chi connectivity index (χ1) is 16.1. The van der Waals surface area contributed by atoms with Gasteiger partial charge in [-0.1, -0.05) is 44.5 Å². The molecule has 0 amide bonds. The zero-order valence-corrected chi connectivity index (χ0v) is 19.8. The molecule has 4 atom stereocenters. The van der Waals surface area contributed by atoms with E-state index in [2.05, 4.69) is 0 Å². The summed E-state index contributed by atoms with van der Waals surface area (Å²) in [5.74, 6) is -1.18. The Hall–Kier alpha value is -2.41. The van der Waals surface area contributed by atoms with Crippen LogP contribution in [-0.4, -0.2) is 18.7 Å². The van der Waals surface area contributed by atoms with E-state index in [1.54, 1.807) is 25.1 Å². The number of hydrogen-bond donors (Lipinski definition) is 0. The molecule has 186 valence electrons. The van der Waals surface area contributed by atoms with E-state index in [0.717, 1.165) is 25.0 Å². The number of hydrogen-bond acceptors (Lipinski definition) is 3. The second-order valence-electron chi connectivity index (χ2n) is 9.09. The molecular weight excluding hydrogens is 448 g/mol. The molecule has 1 aliphatic rings. The molecule has 2 aromatic rings. The highest BCUT2D eigenvalue weighted by atomic mass is 19.4. The number of unbranched alkanes of at least 4 members (excludes halogenated alkanes) is 1. The summed E-state index contributed by atoms with van der Waals surface area (Å²) < 4.78 is 66.7. The molecule has 0 N–H and O–H groups in total. The first-order valence-electron chi connectivity index (χ1n) is 11.8. The van der Waals surface area contributed by atoms with Gasteiger partial charge in [0.15, 0.2) is 0 Å². The van der Waals surface area contributed by atoms with E-state index in [1.165, 1.54) is 12.1 Å². The lowest BCUT2D eigenvalue weighted by Crippen LogP contribution is -2.35. The summed E-state index contributed by atoms with van der Waals surface area (Å²) in [6.45, 7) is 5.67. The van der Waals surface area contributed by atoms with Crippen molar-refractivity contribution in [2.75, 3.05) is 6.61 Å². The molecule has 7 heteroatoms. The zero-order valence-electron chi connectivity index (χ0n) is 19.8. The molecule has 0 spiro atoms. The van der Waals surface area contributed by atoms with Crippen LogP contribution in [0.4, 0.5) is 17.6 Å². The van der Waals surface area contributed by atoms with Gasteiger partial charge in [0.05, 0.1) is 17.8 Å². The van der Waals surface area contributed by atoms with Crippen LogP contribution in [0.2, 0.25) is 0 Å². The van der Waals surface area contributed by atoms with Crippen molar-refractivity contribution in [2.24, 2.45) is 5.92 Å². The van der Waals surface area contributed by atoms with Gasteiger partial charge in [-0.3, -0.25) is 4.79 Å². The van der Waals surface area contributed by atoms with Crippen LogP contribution in [0.1, 0.15) is 80.2 Å².